The van der Waals surface area contributed by atoms with Gasteiger partial charge < -0.3 is 15.5 Å². The van der Waals surface area contributed by atoms with E-state index in [-0.39, 0.29) is 23.2 Å². The summed E-state index contributed by atoms with van der Waals surface area (Å²) in [7, 11) is 1.75. The maximum atomic E-state index is 13.4. The van der Waals surface area contributed by atoms with Crippen LogP contribution >= 0.6 is 11.6 Å². The summed E-state index contributed by atoms with van der Waals surface area (Å²) in [6.07, 6.45) is 3.61. The maximum absolute atomic E-state index is 13.4. The Morgan fingerprint density at radius 2 is 1.93 bits per heavy atom. The van der Waals surface area contributed by atoms with E-state index >= 15 is 0 Å². The van der Waals surface area contributed by atoms with Gasteiger partial charge in [0.1, 0.15) is 5.82 Å². The summed E-state index contributed by atoms with van der Waals surface area (Å²) in [5.74, 6) is 0.827. The van der Waals surface area contributed by atoms with E-state index in [9.17, 15) is 9.18 Å². The van der Waals surface area contributed by atoms with Gasteiger partial charge in [-0.2, -0.15) is 0 Å². The highest BCUT2D eigenvalue weighted by molar-refractivity contribution is 6.31. The van der Waals surface area contributed by atoms with Gasteiger partial charge in [-0.3, -0.25) is 9.79 Å². The maximum Gasteiger partial charge on any atom is 0.225 e. The molecule has 1 aromatic carbocycles. The molecule has 1 saturated heterocycles. The van der Waals surface area contributed by atoms with Gasteiger partial charge >= 0.3 is 0 Å². The molecule has 5 nitrogen and oxygen atoms in total. The smallest absolute Gasteiger partial charge is 0.225 e. The number of piperidine rings is 1. The van der Waals surface area contributed by atoms with Crippen LogP contribution in [0.1, 0.15) is 58.9 Å². The zero-order valence-corrected chi connectivity index (χ0v) is 19.7. The molecular weight excluding hydrogens is 403 g/mol. The van der Waals surface area contributed by atoms with Gasteiger partial charge in [0.15, 0.2) is 5.96 Å². The molecule has 0 saturated carbocycles. The van der Waals surface area contributed by atoms with Crippen molar-refractivity contribution < 1.29 is 9.18 Å². The summed E-state index contributed by atoms with van der Waals surface area (Å²) >= 11 is 6.26. The van der Waals surface area contributed by atoms with Crippen LogP contribution in [0.2, 0.25) is 5.02 Å². The number of likely N-dealkylation sites (tertiary alicyclic amines) is 1. The van der Waals surface area contributed by atoms with Crippen LogP contribution in [-0.2, 0) is 10.2 Å². The highest BCUT2D eigenvalue weighted by Gasteiger charge is 2.28. The molecule has 0 bridgehead atoms. The lowest BCUT2D eigenvalue weighted by atomic mass is 9.84. The Hall–Kier alpha value is -1.82. The Balaban J connectivity index is 1.87. The first-order valence-corrected chi connectivity index (χ1v) is 11.3. The van der Waals surface area contributed by atoms with Crippen LogP contribution in [0.3, 0.4) is 0 Å². The normalized spacial score (nSPS) is 16.1. The summed E-state index contributed by atoms with van der Waals surface area (Å²) in [5.41, 5.74) is 0.592. The molecule has 0 aromatic heterocycles. The summed E-state index contributed by atoms with van der Waals surface area (Å²) < 4.78 is 13.4. The van der Waals surface area contributed by atoms with E-state index in [0.29, 0.717) is 17.5 Å². The molecule has 0 atom stereocenters. The van der Waals surface area contributed by atoms with Gasteiger partial charge in [0.05, 0.1) is 0 Å². The average molecular weight is 439 g/mol. The van der Waals surface area contributed by atoms with Crippen LogP contribution < -0.4 is 10.6 Å². The van der Waals surface area contributed by atoms with Crippen LogP contribution in [0, 0.1) is 11.7 Å². The van der Waals surface area contributed by atoms with Crippen molar-refractivity contribution in [3.05, 3.63) is 34.6 Å². The topological polar surface area (TPSA) is 56.7 Å². The van der Waals surface area contributed by atoms with Crippen molar-refractivity contribution in [2.45, 2.75) is 64.8 Å². The molecular formula is C23H36ClFN4O. The lowest BCUT2D eigenvalue weighted by Crippen LogP contribution is -2.52. The fourth-order valence-corrected chi connectivity index (χ4v) is 4.39. The Labute approximate surface area is 185 Å². The molecule has 1 aromatic rings. The van der Waals surface area contributed by atoms with Crippen LogP contribution in [-0.4, -0.2) is 49.5 Å². The number of carbonyl (C=O) groups excluding carboxylic acids is 1. The summed E-state index contributed by atoms with van der Waals surface area (Å²) in [6, 6.07) is 4.80. The van der Waals surface area contributed by atoms with Crippen molar-refractivity contribution >= 4 is 23.5 Å². The predicted octanol–water partition coefficient (Wildman–Crippen LogP) is 4.35. The molecule has 30 heavy (non-hydrogen) atoms. The van der Waals surface area contributed by atoms with Crippen LogP contribution in [0.4, 0.5) is 4.39 Å². The summed E-state index contributed by atoms with van der Waals surface area (Å²) in [4.78, 5) is 18.9. The van der Waals surface area contributed by atoms with Crippen molar-refractivity contribution in [2.75, 3.05) is 26.7 Å². The third kappa shape index (κ3) is 6.34. The first kappa shape index (κ1) is 24.4. The van der Waals surface area contributed by atoms with Gasteiger partial charge in [-0.05, 0) is 43.4 Å². The van der Waals surface area contributed by atoms with Crippen LogP contribution in [0.5, 0.6) is 0 Å². The van der Waals surface area contributed by atoms with Crippen molar-refractivity contribution in [2.24, 2.45) is 10.9 Å². The highest BCUT2D eigenvalue weighted by atomic mass is 35.5. The van der Waals surface area contributed by atoms with Crippen molar-refractivity contribution in [1.29, 1.82) is 0 Å². The second kappa shape index (κ2) is 11.0. The van der Waals surface area contributed by atoms with E-state index in [1.54, 1.807) is 13.1 Å². The fraction of sp³-hybridized carbons (Fsp3) is 0.652. The standard InChI is InChI=1S/C23H36ClFN4O/c1-6-16(7-2)21(30)29-12-10-18(11-13-29)28-22(26-5)27-15-23(3,4)19-9-8-17(25)14-20(19)24/h8-9,14,16,18H,6-7,10-13,15H2,1-5H3,(H2,26,27,28). The summed E-state index contributed by atoms with van der Waals surface area (Å²) in [6.45, 7) is 10.4. The molecule has 1 aliphatic heterocycles. The number of benzene rings is 1. The second-order valence-electron chi connectivity index (χ2n) is 8.69. The largest absolute Gasteiger partial charge is 0.356 e. The number of nitrogens with one attached hydrogen (secondary N) is 2. The molecule has 2 rings (SSSR count). The van der Waals surface area contributed by atoms with Gasteiger partial charge in [0.25, 0.3) is 0 Å². The Morgan fingerprint density at radius 1 is 1.30 bits per heavy atom. The molecule has 0 radical (unpaired) electrons. The second-order valence-corrected chi connectivity index (χ2v) is 9.10. The van der Waals surface area contributed by atoms with E-state index in [1.165, 1.54) is 12.1 Å². The molecule has 0 unspecified atom stereocenters. The van der Waals surface area contributed by atoms with Crippen molar-refractivity contribution in [3.63, 3.8) is 0 Å². The summed E-state index contributed by atoms with van der Waals surface area (Å²) in [5, 5.41) is 7.28. The molecule has 1 aliphatic rings. The number of halogens is 2. The quantitative estimate of drug-likeness (QED) is 0.491. The molecule has 1 heterocycles. The molecule has 0 aliphatic carbocycles. The predicted molar refractivity (Wildman–Crippen MR) is 123 cm³/mol. The minimum absolute atomic E-state index is 0.143. The van der Waals surface area contributed by atoms with Crippen LogP contribution in [0.15, 0.2) is 23.2 Å². The number of nitrogens with zero attached hydrogens (tertiary/aromatic N) is 2. The number of amides is 1. The van der Waals surface area contributed by atoms with Gasteiger partial charge in [0.2, 0.25) is 5.91 Å². The lowest BCUT2D eigenvalue weighted by Gasteiger charge is -2.35. The molecule has 7 heteroatoms. The first-order valence-electron chi connectivity index (χ1n) is 10.9. The Bertz CT molecular complexity index is 741. The van der Waals surface area contributed by atoms with E-state index in [2.05, 4.69) is 43.3 Å². The van der Waals surface area contributed by atoms with E-state index in [1.807, 2.05) is 4.90 Å². The zero-order chi connectivity index (χ0) is 22.3. The lowest BCUT2D eigenvalue weighted by molar-refractivity contribution is -0.136. The van der Waals surface area contributed by atoms with Crippen molar-refractivity contribution in [1.82, 2.24) is 15.5 Å². The van der Waals surface area contributed by atoms with E-state index < -0.39 is 0 Å². The van der Waals surface area contributed by atoms with E-state index in [4.69, 9.17) is 11.6 Å². The number of hydrogen-bond acceptors (Lipinski definition) is 2. The number of carbonyl (C=O) groups is 1. The van der Waals surface area contributed by atoms with Gasteiger partial charge in [0, 0.05) is 49.1 Å². The molecule has 2 N–H and O–H groups in total. The monoisotopic (exact) mass is 438 g/mol. The minimum atomic E-state index is -0.334. The number of hydrogen-bond donors (Lipinski definition) is 2. The fourth-order valence-electron chi connectivity index (χ4n) is 3.97. The van der Waals surface area contributed by atoms with Gasteiger partial charge in [-0.25, -0.2) is 4.39 Å². The number of guanidine groups is 1. The average Bonchev–Trinajstić information content (AvgIpc) is 2.72. The molecule has 0 spiro atoms. The third-order valence-corrected chi connectivity index (χ3v) is 6.38. The van der Waals surface area contributed by atoms with Gasteiger partial charge in [-0.1, -0.05) is 45.4 Å². The third-order valence-electron chi connectivity index (χ3n) is 6.06. The Kier molecular flexibility index (Phi) is 8.95. The molecule has 168 valence electrons. The van der Waals surface area contributed by atoms with E-state index in [0.717, 1.165) is 50.3 Å². The van der Waals surface area contributed by atoms with Crippen LogP contribution in [0.25, 0.3) is 0 Å². The zero-order valence-electron chi connectivity index (χ0n) is 18.9. The van der Waals surface area contributed by atoms with Gasteiger partial charge in [-0.15, -0.1) is 0 Å². The number of aliphatic imine (C=N–C) groups is 1. The minimum Gasteiger partial charge on any atom is -0.356 e. The Morgan fingerprint density at radius 3 is 2.47 bits per heavy atom. The first-order chi connectivity index (χ1) is 14.2. The molecule has 1 amide bonds. The highest BCUT2D eigenvalue weighted by Crippen LogP contribution is 2.30. The van der Waals surface area contributed by atoms with Crippen molar-refractivity contribution in [3.8, 4) is 0 Å². The number of rotatable bonds is 7. The molecule has 1 fully saturated rings. The SMILES string of the molecule is CCC(CC)C(=O)N1CCC(NC(=NC)NCC(C)(C)c2ccc(F)cc2Cl)CC1.